The molecule has 20 heavy (non-hydrogen) atoms. The lowest BCUT2D eigenvalue weighted by atomic mass is 10.0. The van der Waals surface area contributed by atoms with Gasteiger partial charge >= 0.3 is 0 Å². The molecule has 1 aromatic rings. The number of piperidine rings is 1. The fourth-order valence-electron chi connectivity index (χ4n) is 2.30. The van der Waals surface area contributed by atoms with E-state index in [1.807, 2.05) is 6.92 Å². The van der Waals surface area contributed by atoms with Crippen molar-refractivity contribution in [3.05, 3.63) is 27.4 Å². The zero-order valence-corrected chi connectivity index (χ0v) is 13.9. The normalized spacial score (nSPS) is 23.8. The summed E-state index contributed by atoms with van der Waals surface area (Å²) in [4.78, 5) is -0.119. The van der Waals surface area contributed by atoms with Gasteiger partial charge in [-0.15, -0.1) is 0 Å². The Bertz CT molecular complexity index is 588. The second-order valence-electron chi connectivity index (χ2n) is 4.90. The first kappa shape index (κ1) is 16.2. The molecule has 8 heteroatoms. The van der Waals surface area contributed by atoms with E-state index < -0.39 is 15.8 Å². The molecule has 1 aliphatic rings. The second kappa shape index (κ2) is 6.27. The van der Waals surface area contributed by atoms with Crippen molar-refractivity contribution < 1.29 is 12.8 Å². The third kappa shape index (κ3) is 3.71. The first-order chi connectivity index (χ1) is 9.29. The van der Waals surface area contributed by atoms with Gasteiger partial charge < -0.3 is 5.32 Å². The highest BCUT2D eigenvalue weighted by molar-refractivity contribution is 9.10. The SMILES string of the molecule is CC1CC(NS(=O)(=O)c2c(Cl)cc(F)cc2Br)CCN1. The molecule has 2 atom stereocenters. The largest absolute Gasteiger partial charge is 0.314 e. The van der Waals surface area contributed by atoms with Crippen LogP contribution in [0.2, 0.25) is 5.02 Å². The van der Waals surface area contributed by atoms with Crippen LogP contribution >= 0.6 is 27.5 Å². The van der Waals surface area contributed by atoms with Crippen molar-refractivity contribution in [2.45, 2.75) is 36.7 Å². The highest BCUT2D eigenvalue weighted by Crippen LogP contribution is 2.31. The molecule has 0 aromatic heterocycles. The van der Waals surface area contributed by atoms with Crippen molar-refractivity contribution in [3.8, 4) is 0 Å². The summed E-state index contributed by atoms with van der Waals surface area (Å²) in [5, 5.41) is 3.11. The number of nitrogens with one attached hydrogen (secondary N) is 2. The van der Waals surface area contributed by atoms with Crippen molar-refractivity contribution in [1.29, 1.82) is 0 Å². The summed E-state index contributed by atoms with van der Waals surface area (Å²) in [7, 11) is -3.78. The summed E-state index contributed by atoms with van der Waals surface area (Å²) in [6, 6.07) is 2.19. The van der Waals surface area contributed by atoms with E-state index in [9.17, 15) is 12.8 Å². The number of benzene rings is 1. The van der Waals surface area contributed by atoms with Crippen LogP contribution in [0.4, 0.5) is 4.39 Å². The Morgan fingerprint density at radius 3 is 2.80 bits per heavy atom. The minimum Gasteiger partial charge on any atom is -0.314 e. The molecule has 0 amide bonds. The van der Waals surface area contributed by atoms with Crippen LogP contribution in [0.5, 0.6) is 0 Å². The third-order valence-corrected chi connectivity index (χ3v) is 6.10. The molecule has 0 aliphatic carbocycles. The summed E-state index contributed by atoms with van der Waals surface area (Å²) < 4.78 is 40.7. The monoisotopic (exact) mass is 384 g/mol. The number of sulfonamides is 1. The van der Waals surface area contributed by atoms with Gasteiger partial charge in [0.25, 0.3) is 0 Å². The average Bonchev–Trinajstić information content (AvgIpc) is 2.25. The van der Waals surface area contributed by atoms with E-state index in [4.69, 9.17) is 11.6 Å². The zero-order valence-electron chi connectivity index (χ0n) is 10.8. The maximum absolute atomic E-state index is 13.2. The van der Waals surface area contributed by atoms with Gasteiger partial charge in [-0.25, -0.2) is 17.5 Å². The lowest BCUT2D eigenvalue weighted by molar-refractivity contribution is 0.361. The first-order valence-electron chi connectivity index (χ1n) is 6.20. The quantitative estimate of drug-likeness (QED) is 0.841. The lowest BCUT2D eigenvalue weighted by Gasteiger charge is -2.28. The summed E-state index contributed by atoms with van der Waals surface area (Å²) >= 11 is 8.92. The Morgan fingerprint density at radius 1 is 1.50 bits per heavy atom. The van der Waals surface area contributed by atoms with Gasteiger partial charge in [0.2, 0.25) is 10.0 Å². The number of hydrogen-bond acceptors (Lipinski definition) is 3. The minimum absolute atomic E-state index is 0.119. The van der Waals surface area contributed by atoms with Crippen molar-refractivity contribution in [3.63, 3.8) is 0 Å². The van der Waals surface area contributed by atoms with Crippen LogP contribution in [-0.2, 0) is 10.0 Å². The smallest absolute Gasteiger partial charge is 0.243 e. The molecule has 1 aliphatic heterocycles. The molecule has 0 saturated carbocycles. The van der Waals surface area contributed by atoms with Gasteiger partial charge in [-0.1, -0.05) is 11.6 Å². The molecule has 2 N–H and O–H groups in total. The van der Waals surface area contributed by atoms with E-state index in [0.29, 0.717) is 12.8 Å². The fraction of sp³-hybridized carbons (Fsp3) is 0.500. The van der Waals surface area contributed by atoms with Crippen molar-refractivity contribution in [2.75, 3.05) is 6.54 Å². The highest BCUT2D eigenvalue weighted by atomic mass is 79.9. The molecule has 2 unspecified atom stereocenters. The number of hydrogen-bond donors (Lipinski definition) is 2. The van der Waals surface area contributed by atoms with Crippen molar-refractivity contribution in [2.24, 2.45) is 0 Å². The van der Waals surface area contributed by atoms with Crippen molar-refractivity contribution >= 4 is 37.6 Å². The standard InChI is InChI=1S/C12H15BrClFN2O2S/c1-7-4-9(2-3-16-7)17-20(18,19)12-10(13)5-8(15)6-11(12)14/h5-7,9,16-17H,2-4H2,1H3. The van der Waals surface area contributed by atoms with Crippen LogP contribution in [0, 0.1) is 5.82 Å². The second-order valence-corrected chi connectivity index (χ2v) is 7.81. The first-order valence-corrected chi connectivity index (χ1v) is 8.85. The Balaban J connectivity index is 2.27. The van der Waals surface area contributed by atoms with E-state index in [1.165, 1.54) is 0 Å². The summed E-state index contributed by atoms with van der Waals surface area (Å²) in [5.41, 5.74) is 0. The predicted octanol–water partition coefficient (Wildman–Crippen LogP) is 2.66. The van der Waals surface area contributed by atoms with Gasteiger partial charge in [0.1, 0.15) is 10.7 Å². The zero-order chi connectivity index (χ0) is 14.9. The van der Waals surface area contributed by atoms with Gasteiger partial charge in [0.15, 0.2) is 0 Å². The van der Waals surface area contributed by atoms with Crippen LogP contribution in [0.1, 0.15) is 19.8 Å². The predicted molar refractivity (Wildman–Crippen MR) is 79.9 cm³/mol. The molecule has 2 rings (SSSR count). The van der Waals surface area contributed by atoms with E-state index in [-0.39, 0.29) is 26.5 Å². The molecule has 4 nitrogen and oxygen atoms in total. The summed E-state index contributed by atoms with van der Waals surface area (Å²) in [5.74, 6) is -0.587. The molecule has 1 fully saturated rings. The summed E-state index contributed by atoms with van der Waals surface area (Å²) in [6.45, 7) is 2.76. The number of rotatable bonds is 3. The Kier molecular flexibility index (Phi) is 5.07. The highest BCUT2D eigenvalue weighted by Gasteiger charge is 2.28. The van der Waals surface area contributed by atoms with Gasteiger partial charge in [-0.2, -0.15) is 0 Å². The topological polar surface area (TPSA) is 58.2 Å². The lowest BCUT2D eigenvalue weighted by Crippen LogP contribution is -2.46. The van der Waals surface area contributed by atoms with Crippen LogP contribution in [0.3, 0.4) is 0 Å². The molecule has 0 spiro atoms. The molecule has 1 saturated heterocycles. The fourth-order valence-corrected chi connectivity index (χ4v) is 5.40. The van der Waals surface area contributed by atoms with E-state index in [0.717, 1.165) is 18.7 Å². The maximum atomic E-state index is 13.2. The van der Waals surface area contributed by atoms with Crippen LogP contribution < -0.4 is 10.0 Å². The van der Waals surface area contributed by atoms with E-state index in [2.05, 4.69) is 26.0 Å². The Morgan fingerprint density at radius 2 is 2.20 bits per heavy atom. The molecule has 0 bridgehead atoms. The van der Waals surface area contributed by atoms with Gasteiger partial charge in [-0.05, 0) is 54.4 Å². The maximum Gasteiger partial charge on any atom is 0.243 e. The van der Waals surface area contributed by atoms with Gasteiger partial charge in [-0.3, -0.25) is 0 Å². The van der Waals surface area contributed by atoms with Crippen molar-refractivity contribution in [1.82, 2.24) is 10.0 Å². The van der Waals surface area contributed by atoms with Crippen LogP contribution in [-0.4, -0.2) is 27.0 Å². The van der Waals surface area contributed by atoms with Crippen LogP contribution in [0.15, 0.2) is 21.5 Å². The molecular weight excluding hydrogens is 371 g/mol. The summed E-state index contributed by atoms with van der Waals surface area (Å²) in [6.07, 6.45) is 1.41. The van der Waals surface area contributed by atoms with E-state index >= 15 is 0 Å². The van der Waals surface area contributed by atoms with E-state index in [1.54, 1.807) is 0 Å². The Hall–Kier alpha value is -0.210. The Labute approximate surface area is 131 Å². The third-order valence-electron chi connectivity index (χ3n) is 3.18. The number of halogens is 3. The minimum atomic E-state index is -3.78. The average molecular weight is 386 g/mol. The molecular formula is C12H15BrClFN2O2S. The van der Waals surface area contributed by atoms with Gasteiger partial charge in [0, 0.05) is 16.6 Å². The molecule has 1 aromatic carbocycles. The molecule has 1 heterocycles. The molecule has 112 valence electrons. The van der Waals surface area contributed by atoms with Gasteiger partial charge in [0.05, 0.1) is 5.02 Å². The molecule has 0 radical (unpaired) electrons. The van der Waals surface area contributed by atoms with Crippen LogP contribution in [0.25, 0.3) is 0 Å².